The molecule has 5 rings (SSSR count). The third kappa shape index (κ3) is 3.90. The van der Waals surface area contributed by atoms with E-state index in [4.69, 9.17) is 4.42 Å². The zero-order valence-corrected chi connectivity index (χ0v) is 19.8. The zero-order chi connectivity index (χ0) is 23.9. The smallest absolute Gasteiger partial charge is 0.293 e. The van der Waals surface area contributed by atoms with Crippen LogP contribution in [0.1, 0.15) is 22.5 Å². The molecule has 0 bridgehead atoms. The molecular weight excluding hydrogens is 450 g/mol. The Labute approximate surface area is 198 Å². The molecule has 0 atom stereocenters. The van der Waals surface area contributed by atoms with E-state index in [0.717, 1.165) is 35.2 Å². The van der Waals surface area contributed by atoms with Gasteiger partial charge in [0.2, 0.25) is 0 Å². The number of carbonyl (C=O) groups excluding carboxylic acids is 1. The summed E-state index contributed by atoms with van der Waals surface area (Å²) in [4.78, 5) is 16.7. The van der Waals surface area contributed by atoms with Crippen molar-refractivity contribution in [1.29, 1.82) is 0 Å². The maximum absolute atomic E-state index is 13.4. The van der Waals surface area contributed by atoms with E-state index in [1.54, 1.807) is 41.3 Å². The molecule has 8 heteroatoms. The molecule has 1 aromatic heterocycles. The van der Waals surface area contributed by atoms with Crippen molar-refractivity contribution in [1.82, 2.24) is 0 Å². The standard InChI is InChI=1S/C26H25N3O4S/c1-28(2)23-10-3-9-21-20(23)8-4-12-25(21)34(31,32)27-19-13-14-22-18(17-19)7-5-15-29(22)26(30)24-11-6-16-33-24/h3-4,6,8-14,16-17,27H,5,7,15H2,1-2H3. The van der Waals surface area contributed by atoms with Crippen molar-refractivity contribution in [2.24, 2.45) is 0 Å². The van der Waals surface area contributed by atoms with Crippen molar-refractivity contribution in [3.05, 3.63) is 84.3 Å². The monoisotopic (exact) mass is 475 g/mol. The van der Waals surface area contributed by atoms with Crippen LogP contribution in [0.5, 0.6) is 0 Å². The lowest BCUT2D eigenvalue weighted by atomic mass is 10.0. The molecule has 2 heterocycles. The lowest BCUT2D eigenvalue weighted by Gasteiger charge is -2.29. The van der Waals surface area contributed by atoms with Crippen molar-refractivity contribution in [3.63, 3.8) is 0 Å². The van der Waals surface area contributed by atoms with Crippen molar-refractivity contribution >= 4 is 43.8 Å². The van der Waals surface area contributed by atoms with Gasteiger partial charge in [-0.15, -0.1) is 0 Å². The van der Waals surface area contributed by atoms with E-state index >= 15 is 0 Å². The molecule has 174 valence electrons. The molecule has 0 radical (unpaired) electrons. The number of furan rings is 1. The van der Waals surface area contributed by atoms with Gasteiger partial charge in [-0.3, -0.25) is 9.52 Å². The van der Waals surface area contributed by atoms with E-state index < -0.39 is 10.0 Å². The average molecular weight is 476 g/mol. The van der Waals surface area contributed by atoms with Crippen LogP contribution >= 0.6 is 0 Å². The van der Waals surface area contributed by atoms with Gasteiger partial charge in [-0.05, 0) is 60.9 Å². The second-order valence-electron chi connectivity index (χ2n) is 8.51. The van der Waals surface area contributed by atoms with Gasteiger partial charge >= 0.3 is 0 Å². The summed E-state index contributed by atoms with van der Waals surface area (Å²) in [6, 6.07) is 19.6. The minimum atomic E-state index is -3.84. The molecule has 1 aliphatic rings. The summed E-state index contributed by atoms with van der Waals surface area (Å²) >= 11 is 0. The maximum Gasteiger partial charge on any atom is 0.293 e. The minimum absolute atomic E-state index is 0.202. The summed E-state index contributed by atoms with van der Waals surface area (Å²) in [5.74, 6) is 0.0809. The molecule has 0 spiro atoms. The number of benzene rings is 3. The number of fused-ring (bicyclic) bond motifs is 2. The summed E-state index contributed by atoms with van der Waals surface area (Å²) in [6.07, 6.45) is 3.02. The minimum Gasteiger partial charge on any atom is -0.459 e. The first-order chi connectivity index (χ1) is 16.3. The van der Waals surface area contributed by atoms with Gasteiger partial charge in [0.15, 0.2) is 5.76 Å². The van der Waals surface area contributed by atoms with E-state index in [0.29, 0.717) is 17.6 Å². The molecule has 1 N–H and O–H groups in total. The average Bonchev–Trinajstić information content (AvgIpc) is 3.37. The van der Waals surface area contributed by atoms with Crippen molar-refractivity contribution < 1.29 is 17.6 Å². The molecule has 1 amide bonds. The number of amides is 1. The van der Waals surface area contributed by atoms with Crippen LogP contribution in [0.25, 0.3) is 10.8 Å². The summed E-state index contributed by atoms with van der Waals surface area (Å²) in [6.45, 7) is 0.585. The molecule has 0 saturated heterocycles. The van der Waals surface area contributed by atoms with Gasteiger partial charge < -0.3 is 14.2 Å². The number of nitrogens with zero attached hydrogens (tertiary/aromatic N) is 2. The third-order valence-electron chi connectivity index (χ3n) is 6.06. The van der Waals surface area contributed by atoms with E-state index in [-0.39, 0.29) is 16.6 Å². The van der Waals surface area contributed by atoms with Crippen LogP contribution < -0.4 is 14.5 Å². The fraction of sp³-hybridized carbons (Fsp3) is 0.192. The Kier molecular flexibility index (Phi) is 5.53. The summed E-state index contributed by atoms with van der Waals surface area (Å²) in [5.41, 5.74) is 3.10. The Morgan fingerprint density at radius 3 is 2.56 bits per heavy atom. The van der Waals surface area contributed by atoms with E-state index in [9.17, 15) is 13.2 Å². The lowest BCUT2D eigenvalue weighted by molar-refractivity contribution is 0.0958. The quantitative estimate of drug-likeness (QED) is 0.444. The molecule has 4 aromatic rings. The number of hydrogen-bond acceptors (Lipinski definition) is 5. The molecule has 1 aliphatic heterocycles. The van der Waals surface area contributed by atoms with E-state index in [2.05, 4.69) is 4.72 Å². The Bertz CT molecular complexity index is 1480. The van der Waals surface area contributed by atoms with Gasteiger partial charge in [0.05, 0.1) is 11.2 Å². The molecule has 0 saturated carbocycles. The number of aryl methyl sites for hydroxylation is 1. The van der Waals surface area contributed by atoms with E-state index in [1.165, 1.54) is 6.26 Å². The molecule has 3 aromatic carbocycles. The Morgan fingerprint density at radius 1 is 1.00 bits per heavy atom. The Morgan fingerprint density at radius 2 is 1.79 bits per heavy atom. The second-order valence-corrected chi connectivity index (χ2v) is 10.2. The topological polar surface area (TPSA) is 82.9 Å². The van der Waals surface area contributed by atoms with E-state index in [1.807, 2.05) is 49.3 Å². The number of nitrogens with one attached hydrogen (secondary N) is 1. The van der Waals surface area contributed by atoms with Crippen molar-refractivity contribution in [2.75, 3.05) is 35.2 Å². The van der Waals surface area contributed by atoms with Crippen molar-refractivity contribution in [2.45, 2.75) is 17.7 Å². The lowest BCUT2D eigenvalue weighted by Crippen LogP contribution is -2.35. The van der Waals surface area contributed by atoms with Crippen LogP contribution in [0.2, 0.25) is 0 Å². The number of sulfonamides is 1. The van der Waals surface area contributed by atoms with Gasteiger partial charge in [-0.2, -0.15) is 0 Å². The first kappa shape index (κ1) is 22.0. The van der Waals surface area contributed by atoms with Crippen LogP contribution in [0.4, 0.5) is 17.1 Å². The highest BCUT2D eigenvalue weighted by molar-refractivity contribution is 7.93. The highest BCUT2D eigenvalue weighted by Crippen LogP contribution is 2.34. The number of carbonyl (C=O) groups is 1. The van der Waals surface area contributed by atoms with Crippen LogP contribution in [0.15, 0.2) is 82.3 Å². The fourth-order valence-electron chi connectivity index (χ4n) is 4.50. The molecular formula is C26H25N3O4S. The summed E-state index contributed by atoms with van der Waals surface area (Å²) in [5, 5.41) is 1.53. The van der Waals surface area contributed by atoms with Crippen molar-refractivity contribution in [3.8, 4) is 0 Å². The predicted molar refractivity (Wildman–Crippen MR) is 134 cm³/mol. The van der Waals surface area contributed by atoms with Gasteiger partial charge in [0.1, 0.15) is 0 Å². The predicted octanol–water partition coefficient (Wildman–Crippen LogP) is 4.89. The Hall–Kier alpha value is -3.78. The van der Waals surface area contributed by atoms with Gasteiger partial charge in [-0.1, -0.05) is 24.3 Å². The SMILES string of the molecule is CN(C)c1cccc2c(S(=O)(=O)Nc3ccc4c(c3)CCCN4C(=O)c3ccco3)cccc12. The van der Waals surface area contributed by atoms with Gasteiger partial charge in [-0.25, -0.2) is 8.42 Å². The highest BCUT2D eigenvalue weighted by Gasteiger charge is 2.26. The molecule has 34 heavy (non-hydrogen) atoms. The molecule has 7 nitrogen and oxygen atoms in total. The fourth-order valence-corrected chi connectivity index (χ4v) is 5.78. The summed E-state index contributed by atoms with van der Waals surface area (Å²) < 4.78 is 34.8. The van der Waals surface area contributed by atoms with Gasteiger partial charge in [0, 0.05) is 48.5 Å². The molecule has 0 fully saturated rings. The maximum atomic E-state index is 13.4. The molecule has 0 aliphatic carbocycles. The van der Waals surface area contributed by atoms with Crippen LogP contribution in [-0.4, -0.2) is 35.0 Å². The largest absolute Gasteiger partial charge is 0.459 e. The number of anilines is 3. The third-order valence-corrected chi connectivity index (χ3v) is 7.50. The number of hydrogen-bond donors (Lipinski definition) is 1. The highest BCUT2D eigenvalue weighted by atomic mass is 32.2. The normalized spacial score (nSPS) is 13.5. The molecule has 0 unspecified atom stereocenters. The Balaban J connectivity index is 1.48. The second kappa shape index (κ2) is 8.53. The van der Waals surface area contributed by atoms with Crippen LogP contribution in [0, 0.1) is 0 Å². The van der Waals surface area contributed by atoms with Crippen LogP contribution in [-0.2, 0) is 16.4 Å². The zero-order valence-electron chi connectivity index (χ0n) is 19.0. The first-order valence-electron chi connectivity index (χ1n) is 11.1. The van der Waals surface area contributed by atoms with Crippen LogP contribution in [0.3, 0.4) is 0 Å². The van der Waals surface area contributed by atoms with Gasteiger partial charge in [0.25, 0.3) is 15.9 Å². The first-order valence-corrected chi connectivity index (χ1v) is 12.5. The summed E-state index contributed by atoms with van der Waals surface area (Å²) in [7, 11) is 0.0253. The number of rotatable bonds is 5.